The van der Waals surface area contributed by atoms with Gasteiger partial charge in [-0.1, -0.05) is 48.5 Å². The molecule has 1 heterocycles. The summed E-state index contributed by atoms with van der Waals surface area (Å²) in [5.41, 5.74) is 3.58. The molecule has 0 saturated heterocycles. The van der Waals surface area contributed by atoms with Gasteiger partial charge < -0.3 is 10.6 Å². The lowest BCUT2D eigenvalue weighted by Gasteiger charge is -2.20. The summed E-state index contributed by atoms with van der Waals surface area (Å²) in [5, 5.41) is 6.20. The van der Waals surface area contributed by atoms with Gasteiger partial charge in [0.05, 0.1) is 0 Å². The molecule has 3 aromatic carbocycles. The van der Waals surface area contributed by atoms with E-state index >= 15 is 0 Å². The summed E-state index contributed by atoms with van der Waals surface area (Å²) < 4.78 is 0. The molecule has 0 amide bonds. The van der Waals surface area contributed by atoms with Crippen molar-refractivity contribution in [2.45, 2.75) is 13.0 Å². The van der Waals surface area contributed by atoms with Gasteiger partial charge in [0, 0.05) is 24.1 Å². The van der Waals surface area contributed by atoms with Crippen molar-refractivity contribution in [1.82, 2.24) is 4.98 Å². The number of nitrogens with one attached hydrogen (secondary N) is 2. The Balaban J connectivity index is 1.57. The molecule has 138 valence electrons. The Labute approximate surface area is 162 Å². The highest BCUT2D eigenvalue weighted by Crippen LogP contribution is 2.27. The minimum Gasteiger partial charge on any atom is -0.373 e. The Morgan fingerprint density at radius 2 is 1.46 bits per heavy atom. The number of anilines is 3. The lowest BCUT2D eigenvalue weighted by atomic mass is 9.99. The van der Waals surface area contributed by atoms with Crippen molar-refractivity contribution < 1.29 is 0 Å². The number of hydrogen-bond donors (Lipinski definition) is 2. The van der Waals surface area contributed by atoms with Crippen LogP contribution >= 0.6 is 0 Å². The smallest absolute Gasteiger partial charge is 0.253 e. The minimum atomic E-state index is -0.510. The van der Waals surface area contributed by atoms with Crippen LogP contribution in [0.2, 0.25) is 0 Å². The van der Waals surface area contributed by atoms with E-state index in [1.807, 2.05) is 37.3 Å². The molecule has 2 N–H and O–H groups in total. The quantitative estimate of drug-likeness (QED) is 0.497. The molecule has 4 rings (SSSR count). The molecular weight excluding hydrogens is 350 g/mol. The van der Waals surface area contributed by atoms with Gasteiger partial charge in [-0.25, -0.2) is 0 Å². The van der Waals surface area contributed by atoms with Crippen LogP contribution in [-0.2, 0) is 0 Å². The maximum Gasteiger partial charge on any atom is 0.253 e. The van der Waals surface area contributed by atoms with Gasteiger partial charge in [-0.05, 0) is 41.8 Å². The second-order valence-electron chi connectivity index (χ2n) is 6.63. The number of rotatable bonds is 6. The van der Waals surface area contributed by atoms with E-state index in [1.165, 1.54) is 0 Å². The van der Waals surface area contributed by atoms with Crippen molar-refractivity contribution in [3.05, 3.63) is 105 Å². The maximum atomic E-state index is 12.1. The monoisotopic (exact) mass is 369 g/mol. The third-order valence-electron chi connectivity index (χ3n) is 4.71. The highest BCUT2D eigenvalue weighted by molar-refractivity contribution is 5.79. The number of hydrogen-bond acceptors (Lipinski definition) is 5. The van der Waals surface area contributed by atoms with E-state index in [1.54, 1.807) is 24.5 Å². The van der Waals surface area contributed by atoms with Crippen molar-refractivity contribution in [3.8, 4) is 11.1 Å². The summed E-state index contributed by atoms with van der Waals surface area (Å²) in [6.45, 7) is 1.97. The lowest BCUT2D eigenvalue weighted by Crippen LogP contribution is -2.37. The lowest BCUT2D eigenvalue weighted by molar-refractivity contribution is 0.880. The van der Waals surface area contributed by atoms with Crippen molar-refractivity contribution >= 4 is 17.1 Å². The normalized spacial score (nSPS) is 11.9. The molecule has 28 heavy (non-hydrogen) atoms. The van der Waals surface area contributed by atoms with Crippen LogP contribution in [0.15, 0.2) is 88.7 Å². The van der Waals surface area contributed by atoms with Crippen LogP contribution in [-0.4, -0.2) is 4.98 Å². The molecule has 0 aliphatic rings. The van der Waals surface area contributed by atoms with E-state index in [4.69, 9.17) is 0 Å². The largest absolute Gasteiger partial charge is 0.373 e. The zero-order valence-corrected chi connectivity index (χ0v) is 15.3. The third-order valence-corrected chi connectivity index (χ3v) is 4.71. The van der Waals surface area contributed by atoms with Gasteiger partial charge in [0.25, 0.3) is 10.9 Å². The third kappa shape index (κ3) is 3.42. The van der Waals surface area contributed by atoms with Crippen LogP contribution in [0.4, 0.5) is 17.1 Å². The van der Waals surface area contributed by atoms with Gasteiger partial charge >= 0.3 is 0 Å². The maximum absolute atomic E-state index is 12.1. The van der Waals surface area contributed by atoms with Gasteiger partial charge in [0.1, 0.15) is 11.4 Å². The summed E-state index contributed by atoms with van der Waals surface area (Å²) in [5.74, 6) is 0. The van der Waals surface area contributed by atoms with E-state index in [0.29, 0.717) is 17.1 Å². The number of nitrogens with zero attached hydrogens (tertiary/aromatic N) is 1. The molecule has 5 heteroatoms. The van der Waals surface area contributed by atoms with Crippen LogP contribution in [0.5, 0.6) is 0 Å². The standard InChI is InChI=1S/C23H19N3O2/c1-15(17-8-5-9-18(14-17)16-6-3-2-4-7-16)25-20-21(23(28)22(20)27)26-19-10-12-24-13-11-19/h2-15,25H,1H3,(H,24,26). The Morgan fingerprint density at radius 1 is 0.786 bits per heavy atom. The van der Waals surface area contributed by atoms with Crippen LogP contribution in [0.25, 0.3) is 11.1 Å². The fourth-order valence-corrected chi connectivity index (χ4v) is 3.15. The van der Waals surface area contributed by atoms with Crippen LogP contribution in [0.3, 0.4) is 0 Å². The summed E-state index contributed by atoms with van der Waals surface area (Å²) in [6.07, 6.45) is 3.25. The molecule has 0 aliphatic heterocycles. The van der Waals surface area contributed by atoms with E-state index < -0.39 is 10.9 Å². The molecule has 0 saturated carbocycles. The Morgan fingerprint density at radius 3 is 2.21 bits per heavy atom. The molecule has 1 unspecified atom stereocenters. The predicted molar refractivity (Wildman–Crippen MR) is 113 cm³/mol. The van der Waals surface area contributed by atoms with E-state index in [9.17, 15) is 9.59 Å². The minimum absolute atomic E-state index is 0.134. The molecule has 4 aromatic rings. The number of benzene rings is 2. The first-order chi connectivity index (χ1) is 13.6. The first-order valence-corrected chi connectivity index (χ1v) is 9.06. The Hall–Kier alpha value is -3.73. The summed E-state index contributed by atoms with van der Waals surface area (Å²) >= 11 is 0. The molecule has 0 fully saturated rings. The molecule has 5 nitrogen and oxygen atoms in total. The molecule has 1 aromatic heterocycles. The molecular formula is C23H19N3O2. The van der Waals surface area contributed by atoms with Gasteiger partial charge in [0.15, 0.2) is 0 Å². The molecule has 0 bridgehead atoms. The summed E-state index contributed by atoms with van der Waals surface area (Å²) in [6, 6.07) is 21.6. The zero-order chi connectivity index (χ0) is 19.5. The highest BCUT2D eigenvalue weighted by Gasteiger charge is 2.22. The zero-order valence-electron chi connectivity index (χ0n) is 15.3. The highest BCUT2D eigenvalue weighted by atomic mass is 16.2. The van der Waals surface area contributed by atoms with E-state index in [2.05, 4.69) is 39.9 Å². The van der Waals surface area contributed by atoms with E-state index in [0.717, 1.165) is 16.7 Å². The summed E-state index contributed by atoms with van der Waals surface area (Å²) in [4.78, 5) is 28.1. The van der Waals surface area contributed by atoms with Crippen molar-refractivity contribution in [2.24, 2.45) is 0 Å². The fraction of sp³-hybridized carbons (Fsp3) is 0.0870. The molecule has 0 radical (unpaired) electrons. The number of pyridine rings is 1. The topological polar surface area (TPSA) is 71.1 Å². The molecule has 0 spiro atoms. The number of aromatic nitrogens is 1. The molecule has 1 atom stereocenters. The van der Waals surface area contributed by atoms with Gasteiger partial charge in [0.2, 0.25) is 0 Å². The Bertz CT molecular complexity index is 1160. The first kappa shape index (κ1) is 17.7. The van der Waals surface area contributed by atoms with Gasteiger partial charge in [-0.3, -0.25) is 14.6 Å². The SMILES string of the molecule is CC(Nc1c(Nc2ccncc2)c(=O)c1=O)c1cccc(-c2ccccc2)c1. The average Bonchev–Trinajstić information content (AvgIpc) is 2.77. The first-order valence-electron chi connectivity index (χ1n) is 9.06. The van der Waals surface area contributed by atoms with Crippen molar-refractivity contribution in [2.75, 3.05) is 10.6 Å². The fourth-order valence-electron chi connectivity index (χ4n) is 3.15. The van der Waals surface area contributed by atoms with Gasteiger partial charge in [-0.15, -0.1) is 0 Å². The van der Waals surface area contributed by atoms with E-state index in [-0.39, 0.29) is 6.04 Å². The average molecular weight is 369 g/mol. The van der Waals surface area contributed by atoms with Gasteiger partial charge in [-0.2, -0.15) is 0 Å². The van der Waals surface area contributed by atoms with Crippen molar-refractivity contribution in [1.29, 1.82) is 0 Å². The molecule has 0 aliphatic carbocycles. The second-order valence-corrected chi connectivity index (χ2v) is 6.63. The van der Waals surface area contributed by atoms with Crippen LogP contribution in [0.1, 0.15) is 18.5 Å². The Kier molecular flexibility index (Phi) is 4.72. The predicted octanol–water partition coefficient (Wildman–Crippen LogP) is 4.26. The second kappa shape index (κ2) is 7.48. The van der Waals surface area contributed by atoms with Crippen LogP contribution in [0, 0.1) is 0 Å². The van der Waals surface area contributed by atoms with Crippen LogP contribution < -0.4 is 21.5 Å². The summed E-state index contributed by atoms with van der Waals surface area (Å²) in [7, 11) is 0. The van der Waals surface area contributed by atoms with Crippen molar-refractivity contribution in [3.63, 3.8) is 0 Å².